The molecule has 1 aromatic carbocycles. The number of hydrogen-bond acceptors (Lipinski definition) is 4. The molecule has 0 aliphatic carbocycles. The molecule has 0 saturated carbocycles. The van der Waals surface area contributed by atoms with Crippen LogP contribution in [0.3, 0.4) is 0 Å². The summed E-state index contributed by atoms with van der Waals surface area (Å²) in [5, 5.41) is 3.15. The van der Waals surface area contributed by atoms with Gasteiger partial charge in [-0.2, -0.15) is 0 Å². The molecule has 0 atom stereocenters. The predicted molar refractivity (Wildman–Crippen MR) is 84.1 cm³/mol. The Kier molecular flexibility index (Phi) is 4.77. The fourth-order valence-electron chi connectivity index (χ4n) is 1.92. The van der Waals surface area contributed by atoms with E-state index in [2.05, 4.69) is 10.3 Å². The highest BCUT2D eigenvalue weighted by Crippen LogP contribution is 2.19. The summed E-state index contributed by atoms with van der Waals surface area (Å²) in [6, 6.07) is 10.9. The lowest BCUT2D eigenvalue weighted by Gasteiger charge is -2.17. The highest BCUT2D eigenvalue weighted by Gasteiger charge is 2.14. The van der Waals surface area contributed by atoms with Crippen molar-refractivity contribution in [3.8, 4) is 5.75 Å². The molecule has 1 N–H and O–H groups in total. The average molecular weight is 285 g/mol. The van der Waals surface area contributed by atoms with Crippen LogP contribution in [0, 0.1) is 0 Å². The van der Waals surface area contributed by atoms with Crippen molar-refractivity contribution in [3.05, 3.63) is 48.3 Å². The molecule has 5 nitrogen and oxygen atoms in total. The summed E-state index contributed by atoms with van der Waals surface area (Å²) in [7, 11) is 3.34. The molecule has 110 valence electrons. The minimum Gasteiger partial charge on any atom is -0.497 e. The van der Waals surface area contributed by atoms with Crippen molar-refractivity contribution < 1.29 is 9.53 Å². The molecule has 0 unspecified atom stereocenters. The van der Waals surface area contributed by atoms with Crippen LogP contribution in [0.25, 0.3) is 0 Å². The molecule has 0 radical (unpaired) electrons. The fourth-order valence-corrected chi connectivity index (χ4v) is 1.92. The molecule has 2 rings (SSSR count). The molecule has 1 heterocycles. The Hall–Kier alpha value is -2.56. The molecule has 5 heteroatoms. The number of aromatic nitrogens is 1. The number of ether oxygens (including phenoxy) is 1. The Morgan fingerprint density at radius 1 is 1.24 bits per heavy atom. The lowest BCUT2D eigenvalue weighted by atomic mass is 10.2. The molecule has 1 aromatic heterocycles. The Morgan fingerprint density at radius 3 is 2.48 bits per heavy atom. The summed E-state index contributed by atoms with van der Waals surface area (Å²) < 4.78 is 5.11. The van der Waals surface area contributed by atoms with Gasteiger partial charge in [0.05, 0.1) is 19.0 Å². The summed E-state index contributed by atoms with van der Waals surface area (Å²) in [5.41, 5.74) is 2.11. The molecule has 1 amide bonds. The van der Waals surface area contributed by atoms with E-state index in [0.29, 0.717) is 5.69 Å². The molecule has 21 heavy (non-hydrogen) atoms. The first-order valence-electron chi connectivity index (χ1n) is 6.77. The third kappa shape index (κ3) is 3.51. The van der Waals surface area contributed by atoms with Crippen molar-refractivity contribution in [2.24, 2.45) is 0 Å². The third-order valence-electron chi connectivity index (χ3n) is 3.13. The van der Waals surface area contributed by atoms with Crippen molar-refractivity contribution in [2.75, 3.05) is 30.9 Å². The monoisotopic (exact) mass is 285 g/mol. The Labute approximate surface area is 124 Å². The van der Waals surface area contributed by atoms with E-state index in [0.717, 1.165) is 23.7 Å². The Balaban J connectivity index is 2.13. The second-order valence-electron chi connectivity index (χ2n) is 4.52. The van der Waals surface area contributed by atoms with E-state index in [-0.39, 0.29) is 5.91 Å². The van der Waals surface area contributed by atoms with Gasteiger partial charge in [-0.05, 0) is 43.3 Å². The standard InChI is InChI=1S/C16H19N3O2/c1-4-17-12-5-10-15(18-11-12)16(20)19(2)13-6-8-14(21-3)9-7-13/h5-11,17H,4H2,1-3H3. The summed E-state index contributed by atoms with van der Waals surface area (Å²) >= 11 is 0. The molecular formula is C16H19N3O2. The van der Waals surface area contributed by atoms with E-state index in [1.807, 2.05) is 37.3 Å². The Bertz CT molecular complexity index is 594. The van der Waals surface area contributed by atoms with Crippen LogP contribution in [0.1, 0.15) is 17.4 Å². The van der Waals surface area contributed by atoms with Crippen LogP contribution in [0.15, 0.2) is 42.6 Å². The summed E-state index contributed by atoms with van der Waals surface area (Å²) in [5.74, 6) is 0.607. The van der Waals surface area contributed by atoms with Gasteiger partial charge in [0.1, 0.15) is 11.4 Å². The largest absolute Gasteiger partial charge is 0.497 e. The highest BCUT2D eigenvalue weighted by molar-refractivity contribution is 6.04. The molecule has 0 saturated heterocycles. The van der Waals surface area contributed by atoms with Crippen molar-refractivity contribution in [1.82, 2.24) is 4.98 Å². The SMILES string of the molecule is CCNc1ccc(C(=O)N(C)c2ccc(OC)cc2)nc1. The van der Waals surface area contributed by atoms with Crippen molar-refractivity contribution in [1.29, 1.82) is 0 Å². The molecule has 0 fully saturated rings. The fraction of sp³-hybridized carbons (Fsp3) is 0.250. The van der Waals surface area contributed by atoms with Crippen molar-refractivity contribution >= 4 is 17.3 Å². The number of nitrogens with zero attached hydrogens (tertiary/aromatic N) is 2. The molecule has 0 aliphatic heterocycles. The lowest BCUT2D eigenvalue weighted by Crippen LogP contribution is -2.27. The van der Waals surface area contributed by atoms with Gasteiger partial charge in [0.25, 0.3) is 5.91 Å². The average Bonchev–Trinajstić information content (AvgIpc) is 2.54. The number of pyridine rings is 1. The number of hydrogen-bond donors (Lipinski definition) is 1. The zero-order chi connectivity index (χ0) is 15.2. The molecule has 0 bridgehead atoms. The van der Waals surface area contributed by atoms with Crippen LogP contribution in [-0.4, -0.2) is 31.6 Å². The number of methoxy groups -OCH3 is 1. The van der Waals surface area contributed by atoms with E-state index in [1.54, 1.807) is 31.3 Å². The molecular weight excluding hydrogens is 266 g/mol. The number of rotatable bonds is 5. The normalized spacial score (nSPS) is 10.0. The van der Waals surface area contributed by atoms with Crippen LogP contribution in [0.5, 0.6) is 5.75 Å². The van der Waals surface area contributed by atoms with Gasteiger partial charge >= 0.3 is 0 Å². The van der Waals surface area contributed by atoms with Gasteiger partial charge in [0, 0.05) is 19.3 Å². The second kappa shape index (κ2) is 6.74. The van der Waals surface area contributed by atoms with Gasteiger partial charge in [-0.25, -0.2) is 4.98 Å². The van der Waals surface area contributed by atoms with Gasteiger partial charge in [-0.1, -0.05) is 0 Å². The first-order chi connectivity index (χ1) is 10.2. The van der Waals surface area contributed by atoms with Crippen LogP contribution < -0.4 is 15.0 Å². The van der Waals surface area contributed by atoms with Crippen molar-refractivity contribution in [3.63, 3.8) is 0 Å². The number of carbonyl (C=O) groups excluding carboxylic acids is 1. The zero-order valence-corrected chi connectivity index (χ0v) is 12.5. The van der Waals surface area contributed by atoms with E-state index < -0.39 is 0 Å². The predicted octanol–water partition coefficient (Wildman–Crippen LogP) is 2.80. The first kappa shape index (κ1) is 14.8. The maximum atomic E-state index is 12.4. The van der Waals surface area contributed by atoms with Gasteiger partial charge in [-0.15, -0.1) is 0 Å². The van der Waals surface area contributed by atoms with Gasteiger partial charge < -0.3 is 15.0 Å². The van der Waals surface area contributed by atoms with Crippen molar-refractivity contribution in [2.45, 2.75) is 6.92 Å². The minimum atomic E-state index is -0.150. The van der Waals surface area contributed by atoms with Gasteiger partial charge in [-0.3, -0.25) is 4.79 Å². The first-order valence-corrected chi connectivity index (χ1v) is 6.77. The van der Waals surface area contributed by atoms with Gasteiger partial charge in [0.15, 0.2) is 0 Å². The number of carbonyl (C=O) groups is 1. The number of benzene rings is 1. The molecule has 0 spiro atoms. The van der Waals surface area contributed by atoms with Crippen LogP contribution in [0.2, 0.25) is 0 Å². The van der Waals surface area contributed by atoms with E-state index in [9.17, 15) is 4.79 Å². The van der Waals surface area contributed by atoms with Gasteiger partial charge in [0.2, 0.25) is 0 Å². The summed E-state index contributed by atoms with van der Waals surface area (Å²) in [6.45, 7) is 2.83. The maximum Gasteiger partial charge on any atom is 0.276 e. The molecule has 2 aromatic rings. The molecule has 0 aliphatic rings. The maximum absolute atomic E-state index is 12.4. The zero-order valence-electron chi connectivity index (χ0n) is 12.5. The lowest BCUT2D eigenvalue weighted by molar-refractivity contribution is 0.0988. The number of anilines is 2. The highest BCUT2D eigenvalue weighted by atomic mass is 16.5. The quantitative estimate of drug-likeness (QED) is 0.917. The topological polar surface area (TPSA) is 54.5 Å². The summed E-state index contributed by atoms with van der Waals surface area (Å²) in [4.78, 5) is 18.1. The van der Waals surface area contributed by atoms with E-state index in [4.69, 9.17) is 4.74 Å². The van der Waals surface area contributed by atoms with E-state index in [1.165, 1.54) is 0 Å². The van der Waals surface area contributed by atoms with Crippen LogP contribution >= 0.6 is 0 Å². The van der Waals surface area contributed by atoms with E-state index >= 15 is 0 Å². The number of amides is 1. The van der Waals surface area contributed by atoms with Crippen LogP contribution in [0.4, 0.5) is 11.4 Å². The number of nitrogens with one attached hydrogen (secondary N) is 1. The Morgan fingerprint density at radius 2 is 1.95 bits per heavy atom. The minimum absolute atomic E-state index is 0.150. The summed E-state index contributed by atoms with van der Waals surface area (Å²) in [6.07, 6.45) is 1.67. The second-order valence-corrected chi connectivity index (χ2v) is 4.52. The third-order valence-corrected chi connectivity index (χ3v) is 3.13. The smallest absolute Gasteiger partial charge is 0.276 e. The van der Waals surface area contributed by atoms with Crippen LogP contribution in [-0.2, 0) is 0 Å².